The molecule has 9 rings (SSSR count). The van der Waals surface area contributed by atoms with E-state index in [9.17, 15) is 45.3 Å². The van der Waals surface area contributed by atoms with Crippen LogP contribution in [0, 0.1) is 11.6 Å². The SMILES string of the molecule is CC(O)(CNc1nc(-c2cc(-c3ccon3)n(Cc3ccccc3F)n2)ncc1N)C(F)(F)F.CC(O)(Cn1nnc2cnc(-c3cc(-c4ccon4)n(Cc4ccccc4F)n3)nc21)C(F)(F)F. The van der Waals surface area contributed by atoms with Gasteiger partial charge in [-0.1, -0.05) is 51.9 Å². The van der Waals surface area contributed by atoms with Gasteiger partial charge in [-0.3, -0.25) is 9.36 Å². The summed E-state index contributed by atoms with van der Waals surface area (Å²) in [4.78, 5) is 16.8. The van der Waals surface area contributed by atoms with Gasteiger partial charge in [-0.15, -0.1) is 5.10 Å². The number of halogens is 8. The molecule has 0 spiro atoms. The fourth-order valence-corrected chi connectivity index (χ4v) is 6.37. The highest BCUT2D eigenvalue weighted by Gasteiger charge is 2.51. The van der Waals surface area contributed by atoms with Crippen LogP contribution in [0.4, 0.5) is 46.6 Å². The molecule has 0 fully saturated rings. The number of anilines is 2. The van der Waals surface area contributed by atoms with E-state index in [1.54, 1.807) is 60.7 Å². The second-order valence-electron chi connectivity index (χ2n) is 15.6. The zero-order chi connectivity index (χ0) is 49.3. The Morgan fingerprint density at radius 3 is 1.65 bits per heavy atom. The van der Waals surface area contributed by atoms with Crippen LogP contribution >= 0.6 is 0 Å². The van der Waals surface area contributed by atoms with Crippen LogP contribution < -0.4 is 11.1 Å². The molecule has 0 aliphatic rings. The van der Waals surface area contributed by atoms with E-state index in [1.165, 1.54) is 46.4 Å². The van der Waals surface area contributed by atoms with Gasteiger partial charge in [-0.25, -0.2) is 33.4 Å². The van der Waals surface area contributed by atoms with Crippen LogP contribution in [0.1, 0.15) is 25.0 Å². The quantitative estimate of drug-likeness (QED) is 0.0875. The van der Waals surface area contributed by atoms with E-state index in [2.05, 4.69) is 56.1 Å². The number of aromatic nitrogens is 13. The van der Waals surface area contributed by atoms with Gasteiger partial charge in [0.15, 0.2) is 39.8 Å². The summed E-state index contributed by atoms with van der Waals surface area (Å²) in [5.74, 6) is -0.844. The summed E-state index contributed by atoms with van der Waals surface area (Å²) < 4.78 is 120. The maximum absolute atomic E-state index is 14.3. The van der Waals surface area contributed by atoms with Gasteiger partial charge in [-0.2, -0.15) is 36.5 Å². The summed E-state index contributed by atoms with van der Waals surface area (Å²) in [5, 5.41) is 46.1. The average molecular weight is 966 g/mol. The first-order chi connectivity index (χ1) is 32.7. The van der Waals surface area contributed by atoms with Crippen molar-refractivity contribution in [1.82, 2.24) is 64.8 Å². The molecule has 69 heavy (non-hydrogen) atoms. The number of hydrogen-bond donors (Lipinski definition) is 4. The molecule has 0 saturated heterocycles. The summed E-state index contributed by atoms with van der Waals surface area (Å²) >= 11 is 0. The first-order valence-electron chi connectivity index (χ1n) is 20.1. The number of fused-ring (bicyclic) bond motifs is 1. The van der Waals surface area contributed by atoms with E-state index in [4.69, 9.17) is 14.8 Å². The number of nitrogens with two attached hydrogens (primary N) is 1. The molecule has 19 nitrogen and oxygen atoms in total. The molecule has 358 valence electrons. The van der Waals surface area contributed by atoms with Crippen molar-refractivity contribution in [3.8, 4) is 45.8 Å². The zero-order valence-corrected chi connectivity index (χ0v) is 35.7. The summed E-state index contributed by atoms with van der Waals surface area (Å²) in [6.45, 7) is -0.420. The van der Waals surface area contributed by atoms with Gasteiger partial charge in [-0.05, 0) is 38.1 Å². The molecule has 0 aliphatic heterocycles. The third kappa shape index (κ3) is 10.2. The highest BCUT2D eigenvalue weighted by atomic mass is 19.4. The Bertz CT molecular complexity index is 3200. The molecule has 7 heterocycles. The highest BCUT2D eigenvalue weighted by Crippen LogP contribution is 2.34. The van der Waals surface area contributed by atoms with Crippen molar-refractivity contribution in [1.29, 1.82) is 0 Å². The molecule has 5 N–H and O–H groups in total. The molecule has 0 aliphatic carbocycles. The van der Waals surface area contributed by atoms with Crippen LogP contribution in [-0.4, -0.2) is 105 Å². The first-order valence-corrected chi connectivity index (χ1v) is 20.1. The van der Waals surface area contributed by atoms with Crippen molar-refractivity contribution >= 4 is 22.7 Å². The Hall–Kier alpha value is -8.20. The minimum absolute atomic E-state index is 0.0221. The maximum Gasteiger partial charge on any atom is 0.418 e. The van der Waals surface area contributed by atoms with Crippen LogP contribution in [-0.2, 0) is 19.6 Å². The molecule has 7 aromatic heterocycles. The number of nitrogens with one attached hydrogen (secondary N) is 1. The largest absolute Gasteiger partial charge is 0.418 e. The van der Waals surface area contributed by atoms with E-state index in [-0.39, 0.29) is 58.8 Å². The predicted molar refractivity (Wildman–Crippen MR) is 226 cm³/mol. The second kappa shape index (κ2) is 18.5. The molecule has 0 bridgehead atoms. The summed E-state index contributed by atoms with van der Waals surface area (Å²) in [6.07, 6.45) is -4.52. The van der Waals surface area contributed by atoms with Crippen LogP contribution in [0.25, 0.3) is 57.0 Å². The second-order valence-corrected chi connectivity index (χ2v) is 15.6. The number of nitrogens with zero attached hydrogens (tertiary/aromatic N) is 13. The van der Waals surface area contributed by atoms with Crippen LogP contribution in [0.15, 0.2) is 107 Å². The van der Waals surface area contributed by atoms with E-state index < -0.39 is 48.3 Å². The lowest BCUT2D eigenvalue weighted by Crippen LogP contribution is -2.47. The Kier molecular flexibility index (Phi) is 12.7. The maximum atomic E-state index is 14.3. The van der Waals surface area contributed by atoms with Crippen LogP contribution in [0.3, 0.4) is 0 Å². The molecular weight excluding hydrogens is 931 g/mol. The van der Waals surface area contributed by atoms with E-state index in [0.29, 0.717) is 47.8 Å². The molecule has 2 atom stereocenters. The molecule has 9 aromatic rings. The van der Waals surface area contributed by atoms with Crippen LogP contribution in [0.5, 0.6) is 0 Å². The van der Waals surface area contributed by atoms with Crippen molar-refractivity contribution in [2.24, 2.45) is 0 Å². The number of aliphatic hydroxyl groups is 2. The van der Waals surface area contributed by atoms with Gasteiger partial charge in [0, 0.05) is 23.3 Å². The number of alkyl halides is 6. The molecular formula is C42H35F8N15O4. The summed E-state index contributed by atoms with van der Waals surface area (Å²) in [6, 6.07) is 18.8. The standard InChI is InChI=1S/C21H16F4N8O2.C21H19F4N7O2/c1-20(34,21(23,24)25)11-33-19-16(28-31-33)9-26-18(27-19)15-8-17(14-6-7-35-30-14)32(29-15)10-12-4-2-3-5-13(12)22;1-20(33,21(23,24)25)11-28-18-14(26)9-27-19(29-18)16-8-17(15-6-7-34-31-15)32(30-16)10-12-4-2-3-5-13(12)22/h2-9,34H,10-11H2,1H3;2-9,33H,10-11,26H2,1H3,(H,27,28,29). The predicted octanol–water partition coefficient (Wildman–Crippen LogP) is 6.73. The molecule has 2 unspecified atom stereocenters. The lowest BCUT2D eigenvalue weighted by atomic mass is 10.1. The van der Waals surface area contributed by atoms with E-state index >= 15 is 0 Å². The highest BCUT2D eigenvalue weighted by molar-refractivity contribution is 5.72. The fraction of sp³-hybridized carbons (Fsp3) is 0.238. The van der Waals surface area contributed by atoms with E-state index in [1.807, 2.05) is 0 Å². The van der Waals surface area contributed by atoms with Gasteiger partial charge >= 0.3 is 12.4 Å². The van der Waals surface area contributed by atoms with Crippen molar-refractivity contribution in [2.45, 2.75) is 57.0 Å². The molecule has 0 amide bonds. The number of nitrogen functional groups attached to an aromatic ring is 1. The average Bonchev–Trinajstić information content (AvgIpc) is 4.16. The number of rotatable bonds is 13. The monoisotopic (exact) mass is 965 g/mol. The van der Waals surface area contributed by atoms with Crippen LogP contribution in [0.2, 0.25) is 0 Å². The summed E-state index contributed by atoms with van der Waals surface area (Å²) in [7, 11) is 0. The molecule has 0 saturated carbocycles. The fourth-order valence-electron chi connectivity index (χ4n) is 6.37. The Morgan fingerprint density at radius 2 is 1.16 bits per heavy atom. The van der Waals surface area contributed by atoms with Crippen molar-refractivity contribution in [2.75, 3.05) is 17.6 Å². The normalized spacial score (nSPS) is 13.7. The Balaban J connectivity index is 0.000000186. The first kappa shape index (κ1) is 47.3. The number of hydrogen-bond acceptors (Lipinski definition) is 16. The lowest BCUT2D eigenvalue weighted by molar-refractivity contribution is -0.257. The van der Waals surface area contributed by atoms with E-state index in [0.717, 1.165) is 4.68 Å². The van der Waals surface area contributed by atoms with Gasteiger partial charge in [0.05, 0.1) is 55.6 Å². The van der Waals surface area contributed by atoms with Gasteiger partial charge in [0.25, 0.3) is 0 Å². The zero-order valence-electron chi connectivity index (χ0n) is 35.7. The van der Waals surface area contributed by atoms with Crippen molar-refractivity contribution < 1.29 is 54.4 Å². The van der Waals surface area contributed by atoms with Crippen molar-refractivity contribution in [3.63, 3.8) is 0 Å². The molecule has 27 heteroatoms. The van der Waals surface area contributed by atoms with Gasteiger partial charge in [0.1, 0.15) is 46.9 Å². The van der Waals surface area contributed by atoms with Gasteiger partial charge in [0.2, 0.25) is 0 Å². The molecule has 2 aromatic carbocycles. The minimum atomic E-state index is -4.89. The Labute approximate surface area is 382 Å². The van der Waals surface area contributed by atoms with Gasteiger partial charge < -0.3 is 30.3 Å². The third-order valence-corrected chi connectivity index (χ3v) is 10.3. The minimum Gasteiger partial charge on any atom is -0.394 e. The molecule has 0 radical (unpaired) electrons. The topological polar surface area (TPSA) is 248 Å². The lowest BCUT2D eigenvalue weighted by Gasteiger charge is -2.26. The van der Waals surface area contributed by atoms with Crippen molar-refractivity contribution in [3.05, 3.63) is 120 Å². The number of benzene rings is 2. The Morgan fingerprint density at radius 1 is 0.652 bits per heavy atom. The third-order valence-electron chi connectivity index (χ3n) is 10.3. The smallest absolute Gasteiger partial charge is 0.394 e. The summed E-state index contributed by atoms with van der Waals surface area (Å²) in [5.41, 5.74) is 2.85.